The summed E-state index contributed by atoms with van der Waals surface area (Å²) in [5.74, 6) is -3.56. The van der Waals surface area contributed by atoms with Crippen LogP contribution < -0.4 is 0 Å². The molecule has 22 nitrogen and oxygen atoms in total. The van der Waals surface area contributed by atoms with E-state index >= 15 is 0 Å². The fourth-order valence-corrected chi connectivity index (χ4v) is 19.6. The zero-order valence-corrected chi connectivity index (χ0v) is 77.0. The van der Waals surface area contributed by atoms with Crippen LogP contribution in [0.1, 0.15) is 155 Å². The number of hydrogen-bond acceptors (Lipinski definition) is 12. The third kappa shape index (κ3) is 19.4. The number of carbonyl (C=O) groups is 4. The number of aromatic amines is 5. The second-order valence-electron chi connectivity index (χ2n) is 32.2. The number of rotatable bonds is 12. The maximum absolute atomic E-state index is 14.2. The number of nitro groups is 1. The number of ether oxygens (including phenoxy) is 4. The number of aromatic nitrogens is 5. The molecule has 0 radical (unpaired) electrons. The highest BCUT2D eigenvalue weighted by atomic mass is 79.9. The molecule has 6 N–H and O–H groups in total. The van der Waals surface area contributed by atoms with Gasteiger partial charge in [-0.2, -0.15) is 5.06 Å². The molecule has 132 heavy (non-hydrogen) atoms. The Bertz CT molecular complexity index is 6710. The Kier molecular flexibility index (Phi) is 28.6. The fourth-order valence-electron chi connectivity index (χ4n) is 18.3. The predicted molar refractivity (Wildman–Crippen MR) is 503 cm³/mol. The van der Waals surface area contributed by atoms with Crippen molar-refractivity contribution in [1.29, 1.82) is 0 Å². The maximum Gasteiger partial charge on any atom is 0.410 e. The van der Waals surface area contributed by atoms with Crippen LogP contribution >= 0.6 is 73.9 Å². The minimum Gasteiger partial charge on any atom is -0.450 e. The average Bonchev–Trinajstić information content (AvgIpc) is 1.60. The number of nitrogens with zero attached hydrogens (tertiary/aromatic N) is 6. The van der Waals surface area contributed by atoms with Crippen molar-refractivity contribution in [2.75, 3.05) is 59.2 Å². The monoisotopic (exact) mass is 1960 g/mol. The van der Waals surface area contributed by atoms with E-state index in [2.05, 4.69) is 40.8 Å². The summed E-state index contributed by atoms with van der Waals surface area (Å²) in [4.78, 5) is 84.6. The van der Waals surface area contributed by atoms with Crippen molar-refractivity contribution in [3.8, 4) is 0 Å². The number of halogens is 11. The first-order valence-corrected chi connectivity index (χ1v) is 45.7. The molecule has 5 atom stereocenters. The molecule has 5 aliphatic heterocycles. The Balaban J connectivity index is 0.000000121. The van der Waals surface area contributed by atoms with Gasteiger partial charge in [0.1, 0.15) is 47.7 Å². The van der Waals surface area contributed by atoms with E-state index in [1.165, 1.54) is 59.0 Å². The van der Waals surface area contributed by atoms with Crippen molar-refractivity contribution >= 4 is 159 Å². The predicted octanol–water partition coefficient (Wildman–Crippen LogP) is 26.0. The van der Waals surface area contributed by atoms with E-state index < -0.39 is 64.5 Å². The summed E-state index contributed by atoms with van der Waals surface area (Å²) in [6.45, 7) is 11.0. The highest BCUT2D eigenvalue weighted by molar-refractivity contribution is 9.10. The van der Waals surface area contributed by atoms with Gasteiger partial charge in [0.05, 0.1) is 31.4 Å². The smallest absolute Gasteiger partial charge is 0.410 e. The Morgan fingerprint density at radius 3 is 1.14 bits per heavy atom. The van der Waals surface area contributed by atoms with Gasteiger partial charge >= 0.3 is 24.4 Å². The van der Waals surface area contributed by atoms with Gasteiger partial charge in [-0.15, -0.1) is 0 Å². The molecule has 0 bridgehead atoms. The molecular weight excluding hydrogens is 1870 g/mol. The molecule has 10 aromatic carbocycles. The summed E-state index contributed by atoms with van der Waals surface area (Å²) in [7, 11) is 0. The molecule has 4 amide bonds. The summed E-state index contributed by atoms with van der Waals surface area (Å²) < 4.78 is 91.7. The molecule has 0 saturated carbocycles. The summed E-state index contributed by atoms with van der Waals surface area (Å²) >= 11 is 34.4. The molecule has 682 valence electrons. The number of hydrogen-bond donors (Lipinski definition) is 6. The van der Waals surface area contributed by atoms with E-state index in [-0.39, 0.29) is 48.5 Å². The van der Waals surface area contributed by atoms with Crippen LogP contribution in [0.2, 0.25) is 25.1 Å². The van der Waals surface area contributed by atoms with Crippen molar-refractivity contribution in [2.45, 2.75) is 103 Å². The minimum absolute atomic E-state index is 0.00546. The van der Waals surface area contributed by atoms with Crippen molar-refractivity contribution < 1.29 is 70.2 Å². The Hall–Kier alpha value is -12.1. The lowest BCUT2D eigenvalue weighted by Gasteiger charge is -2.35. The molecule has 10 heterocycles. The molecule has 33 heteroatoms. The molecular formula is C99H88BrCl5F5N11O11. The van der Waals surface area contributed by atoms with E-state index in [4.69, 9.17) is 77.0 Å². The molecule has 15 aromatic rings. The first-order valence-electron chi connectivity index (χ1n) is 43.0. The number of H-pyrrole nitrogens is 5. The Morgan fingerprint density at radius 1 is 0.394 bits per heavy atom. The standard InChI is InChI=1S/C21H20Cl2N2O2.C21H20ClFN2O2.C20H17ClF2N2O2.C20H18ClN3O4.C17H13BrF2N2O/c1-2-10-27-21(26)25-9-8-16-17-12-15(23)6-7-18(17)24-19(16)20(25)13-4-3-5-14(22)11-13;1-2-10-27-21(26)25-9-8-16-17-12-14(22)6-7-18(17)24-19(16)20(25)13-4-3-5-15(23)11-13;1-2-27-20(26)25-6-5-15-16-9-12(21)3-4-17(16)24-18(15)19(25)11-7-13(22)10-14(23)8-11;1-2-28-20(25)23-10-9-15-16-11-13(21)5-8-17(16)22-18(15)19(23)12-3-6-14(7-4-12)24(26)27;18-9-4-5-14-12(8-9)10-6-7-22(23)17(16(10)21-14)11-2-1-3-13(19)15(11)20/h2*3-7,11-12,20,24H,2,8-10H2,1H3;3-4,7-10,19,24H,2,5-6H2,1H3;3-8,11,19,22H,2,9-10H2,1H3;1-5,8,17,21,23H,6-7H2. The van der Waals surface area contributed by atoms with Crippen LogP contribution in [0.3, 0.4) is 0 Å². The maximum atomic E-state index is 14.2. The van der Waals surface area contributed by atoms with Crippen molar-refractivity contribution in [3.63, 3.8) is 0 Å². The summed E-state index contributed by atoms with van der Waals surface area (Å²) in [6, 6.07) is 53.5. The summed E-state index contributed by atoms with van der Waals surface area (Å²) in [5.41, 5.74) is 17.2. The number of benzene rings is 10. The zero-order valence-electron chi connectivity index (χ0n) is 71.6. The number of nitro benzene ring substituents is 1. The third-order valence-electron chi connectivity index (χ3n) is 24.0. The molecule has 5 unspecified atom stereocenters. The van der Waals surface area contributed by atoms with Crippen LogP contribution in [-0.4, -0.2) is 143 Å². The number of amides is 4. The average molecular weight is 1960 g/mol. The van der Waals surface area contributed by atoms with Gasteiger partial charge in [0.2, 0.25) is 0 Å². The lowest BCUT2D eigenvalue weighted by molar-refractivity contribution is -0.384. The van der Waals surface area contributed by atoms with E-state index in [0.29, 0.717) is 114 Å². The lowest BCUT2D eigenvalue weighted by atomic mass is 9.92. The van der Waals surface area contributed by atoms with E-state index in [0.717, 1.165) is 152 Å². The van der Waals surface area contributed by atoms with Gasteiger partial charge in [-0.3, -0.25) is 29.7 Å². The quantitative estimate of drug-likeness (QED) is 0.0289. The van der Waals surface area contributed by atoms with E-state index in [9.17, 15) is 56.5 Å². The molecule has 0 aliphatic carbocycles. The number of carbonyl (C=O) groups excluding carboxylic acids is 4. The molecule has 0 spiro atoms. The van der Waals surface area contributed by atoms with Crippen molar-refractivity contribution in [3.05, 3.63) is 353 Å². The topological polar surface area (TPSA) is 264 Å². The SMILES string of the molecule is CCCOC(=O)N1CCc2c([nH]c3ccc(Cl)cc23)C1c1cccc(Cl)c1.CCCOC(=O)N1CCc2c([nH]c3ccc(Cl)cc23)C1c1cccc(F)c1.CCOC(=O)N1CCc2c([nH]c3ccc(Cl)cc23)C1c1cc(F)cc(F)c1.CCOC(=O)N1CCc2c([nH]c3ccc(Cl)cc23)C1c1ccc([N+](=O)[O-])cc1.ON1CCc2c([nH]c3ccc(Br)cc23)C1c1cccc(F)c1F. The van der Waals surface area contributed by atoms with Gasteiger partial charge in [-0.25, -0.2) is 41.1 Å². The fraction of sp³-hybridized carbons (Fsp3) is 0.253. The number of nitrogens with one attached hydrogen (secondary N) is 5. The van der Waals surface area contributed by atoms with Gasteiger partial charge in [-0.05, 0) is 254 Å². The van der Waals surface area contributed by atoms with Gasteiger partial charge in [0.15, 0.2) is 11.6 Å². The van der Waals surface area contributed by atoms with E-state index in [1.807, 2.05) is 129 Å². The summed E-state index contributed by atoms with van der Waals surface area (Å²) in [6.07, 6.45) is 3.24. The van der Waals surface area contributed by atoms with Crippen LogP contribution in [-0.2, 0) is 51.1 Å². The molecule has 20 rings (SSSR count). The molecule has 5 aliphatic rings. The second kappa shape index (κ2) is 40.5. The van der Waals surface area contributed by atoms with Crippen LogP contribution in [0.25, 0.3) is 54.5 Å². The van der Waals surface area contributed by atoms with Gasteiger partial charge in [0, 0.05) is 169 Å². The Labute approximate surface area is 787 Å². The largest absolute Gasteiger partial charge is 0.450 e. The normalized spacial score (nSPS) is 16.7. The highest BCUT2D eigenvalue weighted by Gasteiger charge is 2.42. The van der Waals surface area contributed by atoms with Crippen LogP contribution in [0.15, 0.2) is 205 Å². The van der Waals surface area contributed by atoms with Crippen molar-refractivity contribution in [1.82, 2.24) is 49.6 Å². The molecule has 0 saturated heterocycles. The number of fused-ring (bicyclic) bond motifs is 15. The van der Waals surface area contributed by atoms with Gasteiger partial charge in [-0.1, -0.05) is 124 Å². The number of non-ortho nitro benzene ring substituents is 1. The Morgan fingerprint density at radius 2 is 0.742 bits per heavy atom. The van der Waals surface area contributed by atoms with Crippen LogP contribution in [0.5, 0.6) is 0 Å². The van der Waals surface area contributed by atoms with Crippen LogP contribution in [0, 0.1) is 39.2 Å². The van der Waals surface area contributed by atoms with E-state index in [1.54, 1.807) is 52.8 Å². The first kappa shape index (κ1) is 93.1. The number of hydroxylamine groups is 2. The highest BCUT2D eigenvalue weighted by Crippen LogP contribution is 2.47. The third-order valence-corrected chi connectivity index (χ3v) is 25.6. The minimum atomic E-state index is -0.927. The van der Waals surface area contributed by atoms with Gasteiger partial charge in [0.25, 0.3) is 5.69 Å². The van der Waals surface area contributed by atoms with Crippen molar-refractivity contribution in [2.24, 2.45) is 0 Å². The van der Waals surface area contributed by atoms with Gasteiger partial charge < -0.3 is 49.1 Å². The summed E-state index contributed by atoms with van der Waals surface area (Å²) in [5, 5.41) is 30.7. The molecule has 0 fully saturated rings. The first-order chi connectivity index (χ1) is 63.7. The molecule has 5 aromatic heterocycles. The second-order valence-corrected chi connectivity index (χ2v) is 35.3. The zero-order chi connectivity index (χ0) is 93.0. The lowest BCUT2D eigenvalue weighted by Crippen LogP contribution is -2.41. The van der Waals surface area contributed by atoms with Crippen LogP contribution in [0.4, 0.5) is 46.8 Å².